The Balaban J connectivity index is 2.26. The van der Waals surface area contributed by atoms with Crippen LogP contribution in [0.4, 0.5) is 18.9 Å². The van der Waals surface area contributed by atoms with Gasteiger partial charge in [-0.25, -0.2) is 8.42 Å². The first kappa shape index (κ1) is 22.8. The minimum absolute atomic E-state index is 0.150. The number of allylic oxidation sites excluding steroid dienone is 1. The molecule has 2 rings (SSSR count). The summed E-state index contributed by atoms with van der Waals surface area (Å²) in [5.74, 6) is -0.265. The standard InChI is InChI=1S/C19H17ClF3NO4S/c1-3-4-5-18(25)28-14-8-6-13(7-9-14)24(2)29(26,27)15-10-11-17(20)16(12-15)19(21,22)23/h3,6-12H,1,4-5H2,2H3. The smallest absolute Gasteiger partial charge is 0.417 e. The van der Waals surface area contributed by atoms with Gasteiger partial charge in [-0.15, -0.1) is 6.58 Å². The van der Waals surface area contributed by atoms with Crippen molar-refractivity contribution in [3.8, 4) is 5.75 Å². The second-order valence-electron chi connectivity index (χ2n) is 5.91. The molecule has 0 fully saturated rings. The molecule has 0 bridgehead atoms. The van der Waals surface area contributed by atoms with Crippen molar-refractivity contribution in [3.05, 3.63) is 65.7 Å². The molecule has 0 heterocycles. The fourth-order valence-corrected chi connectivity index (χ4v) is 3.75. The summed E-state index contributed by atoms with van der Waals surface area (Å²) in [5, 5.41) is -0.596. The van der Waals surface area contributed by atoms with E-state index in [0.29, 0.717) is 12.5 Å². The molecule has 0 N–H and O–H groups in total. The number of nitrogens with zero attached hydrogens (tertiary/aromatic N) is 1. The Labute approximate surface area is 171 Å². The van der Waals surface area contributed by atoms with Gasteiger partial charge < -0.3 is 4.74 Å². The lowest BCUT2D eigenvalue weighted by atomic mass is 10.2. The first-order chi connectivity index (χ1) is 13.5. The predicted octanol–water partition coefficient (Wildman–Crippen LogP) is 5.06. The molecule has 0 unspecified atom stereocenters. The summed E-state index contributed by atoms with van der Waals surface area (Å²) in [4.78, 5) is 11.0. The van der Waals surface area contributed by atoms with Crippen LogP contribution in [-0.4, -0.2) is 21.4 Å². The van der Waals surface area contributed by atoms with Crippen molar-refractivity contribution < 1.29 is 31.1 Å². The summed E-state index contributed by atoms with van der Waals surface area (Å²) < 4.78 is 70.4. The van der Waals surface area contributed by atoms with Crippen molar-refractivity contribution in [3.63, 3.8) is 0 Å². The number of rotatable bonds is 7. The van der Waals surface area contributed by atoms with E-state index in [-0.39, 0.29) is 17.9 Å². The zero-order valence-corrected chi connectivity index (χ0v) is 16.8. The Kier molecular flexibility index (Phi) is 6.97. The zero-order valence-electron chi connectivity index (χ0n) is 15.2. The number of carbonyl (C=O) groups is 1. The average molecular weight is 448 g/mol. The van der Waals surface area contributed by atoms with Crippen LogP contribution >= 0.6 is 11.6 Å². The van der Waals surface area contributed by atoms with Gasteiger partial charge in [0.25, 0.3) is 10.0 Å². The molecule has 2 aromatic carbocycles. The van der Waals surface area contributed by atoms with Gasteiger partial charge in [-0.2, -0.15) is 13.2 Å². The lowest BCUT2D eigenvalue weighted by Gasteiger charge is -2.20. The predicted molar refractivity (Wildman–Crippen MR) is 104 cm³/mol. The third-order valence-corrected chi connectivity index (χ3v) is 6.00. The lowest BCUT2D eigenvalue weighted by Crippen LogP contribution is -2.27. The largest absolute Gasteiger partial charge is 0.427 e. The fourth-order valence-electron chi connectivity index (χ4n) is 2.31. The molecule has 156 valence electrons. The number of alkyl halides is 3. The number of hydrogen-bond acceptors (Lipinski definition) is 4. The van der Waals surface area contributed by atoms with Crippen LogP contribution in [0.25, 0.3) is 0 Å². The van der Waals surface area contributed by atoms with Crippen LogP contribution in [0.2, 0.25) is 5.02 Å². The van der Waals surface area contributed by atoms with Crippen LogP contribution in [-0.2, 0) is 21.0 Å². The first-order valence-electron chi connectivity index (χ1n) is 8.24. The van der Waals surface area contributed by atoms with Gasteiger partial charge in [0, 0.05) is 13.5 Å². The summed E-state index contributed by atoms with van der Waals surface area (Å²) in [6.07, 6.45) is -2.61. The zero-order chi connectivity index (χ0) is 21.8. The number of ether oxygens (including phenoxy) is 1. The monoisotopic (exact) mass is 447 g/mol. The van der Waals surface area contributed by atoms with Crippen LogP contribution in [0.15, 0.2) is 60.0 Å². The third-order valence-electron chi connectivity index (χ3n) is 3.89. The number of sulfonamides is 1. The van der Waals surface area contributed by atoms with Gasteiger partial charge in [-0.1, -0.05) is 17.7 Å². The van der Waals surface area contributed by atoms with Crippen molar-refractivity contribution in [2.75, 3.05) is 11.4 Å². The van der Waals surface area contributed by atoms with E-state index in [1.165, 1.54) is 31.3 Å². The van der Waals surface area contributed by atoms with E-state index in [1.807, 2.05) is 0 Å². The van der Waals surface area contributed by atoms with Gasteiger partial charge in [0.2, 0.25) is 0 Å². The molecule has 10 heteroatoms. The van der Waals surface area contributed by atoms with Crippen LogP contribution in [0, 0.1) is 0 Å². The fraction of sp³-hybridized carbons (Fsp3) is 0.211. The van der Waals surface area contributed by atoms with Crippen LogP contribution in [0.5, 0.6) is 5.75 Å². The van der Waals surface area contributed by atoms with Crippen molar-refractivity contribution >= 4 is 33.3 Å². The van der Waals surface area contributed by atoms with Crippen molar-refractivity contribution in [2.24, 2.45) is 0 Å². The van der Waals surface area contributed by atoms with Crippen molar-refractivity contribution in [1.82, 2.24) is 0 Å². The van der Waals surface area contributed by atoms with Crippen LogP contribution < -0.4 is 9.04 Å². The second kappa shape index (κ2) is 8.87. The Bertz CT molecular complexity index is 1010. The number of anilines is 1. The SMILES string of the molecule is C=CCCC(=O)Oc1ccc(N(C)S(=O)(=O)c2ccc(Cl)c(C(F)(F)F)c2)cc1. The van der Waals surface area contributed by atoms with Gasteiger partial charge in [0.1, 0.15) is 5.75 Å². The lowest BCUT2D eigenvalue weighted by molar-refractivity contribution is -0.137. The average Bonchev–Trinajstić information content (AvgIpc) is 2.65. The second-order valence-corrected chi connectivity index (χ2v) is 8.28. The molecule has 0 radical (unpaired) electrons. The Morgan fingerprint density at radius 2 is 1.83 bits per heavy atom. The topological polar surface area (TPSA) is 63.7 Å². The van der Waals surface area contributed by atoms with E-state index >= 15 is 0 Å². The minimum atomic E-state index is -4.79. The molecule has 29 heavy (non-hydrogen) atoms. The minimum Gasteiger partial charge on any atom is -0.427 e. The van der Waals surface area contributed by atoms with E-state index in [1.54, 1.807) is 6.08 Å². The quantitative estimate of drug-likeness (QED) is 0.338. The van der Waals surface area contributed by atoms with Crippen LogP contribution in [0.1, 0.15) is 18.4 Å². The number of benzene rings is 2. The molecule has 0 atom stereocenters. The molecule has 2 aromatic rings. The number of esters is 1. The highest BCUT2D eigenvalue weighted by molar-refractivity contribution is 7.92. The first-order valence-corrected chi connectivity index (χ1v) is 10.1. The molecule has 0 spiro atoms. The molecule has 0 aliphatic carbocycles. The highest BCUT2D eigenvalue weighted by Gasteiger charge is 2.35. The Morgan fingerprint density at radius 3 is 2.38 bits per heavy atom. The van der Waals surface area contributed by atoms with E-state index in [4.69, 9.17) is 16.3 Å². The molecule has 0 aliphatic heterocycles. The van der Waals surface area contributed by atoms with Gasteiger partial charge in [0.15, 0.2) is 0 Å². The molecule has 5 nitrogen and oxygen atoms in total. The van der Waals surface area contributed by atoms with Gasteiger partial charge >= 0.3 is 12.1 Å². The van der Waals surface area contributed by atoms with Gasteiger partial charge in [0.05, 0.1) is 21.2 Å². The van der Waals surface area contributed by atoms with Crippen molar-refractivity contribution in [2.45, 2.75) is 23.9 Å². The summed E-state index contributed by atoms with van der Waals surface area (Å²) >= 11 is 5.54. The van der Waals surface area contributed by atoms with E-state index in [9.17, 15) is 26.4 Å². The molecule has 0 saturated heterocycles. The maximum absolute atomic E-state index is 13.0. The molecule has 0 amide bonds. The maximum atomic E-state index is 13.0. The van der Waals surface area contributed by atoms with Crippen LogP contribution in [0.3, 0.4) is 0 Å². The summed E-state index contributed by atoms with van der Waals surface area (Å²) in [7, 11) is -3.09. The molecular weight excluding hydrogens is 431 g/mol. The molecular formula is C19H17ClF3NO4S. The van der Waals surface area contributed by atoms with E-state index < -0.39 is 37.7 Å². The molecule has 0 aliphatic rings. The Hall–Kier alpha value is -2.52. The highest BCUT2D eigenvalue weighted by Crippen LogP contribution is 2.36. The van der Waals surface area contributed by atoms with Crippen molar-refractivity contribution in [1.29, 1.82) is 0 Å². The Morgan fingerprint density at radius 1 is 1.21 bits per heavy atom. The normalized spacial score (nSPS) is 11.8. The molecule has 0 aromatic heterocycles. The van der Waals surface area contributed by atoms with E-state index in [0.717, 1.165) is 16.4 Å². The third kappa shape index (κ3) is 5.51. The van der Waals surface area contributed by atoms with E-state index in [2.05, 4.69) is 6.58 Å². The molecule has 0 saturated carbocycles. The van der Waals surface area contributed by atoms with Gasteiger partial charge in [-0.05, 0) is 48.9 Å². The number of carbonyl (C=O) groups excluding carboxylic acids is 1. The van der Waals surface area contributed by atoms with Gasteiger partial charge in [-0.3, -0.25) is 9.10 Å². The summed E-state index contributed by atoms with van der Waals surface area (Å²) in [5.41, 5.74) is -1.07. The maximum Gasteiger partial charge on any atom is 0.417 e. The summed E-state index contributed by atoms with van der Waals surface area (Å²) in [6.45, 7) is 3.50. The number of hydrogen-bond donors (Lipinski definition) is 0. The summed E-state index contributed by atoms with van der Waals surface area (Å²) in [6, 6.07) is 7.88. The highest BCUT2D eigenvalue weighted by atomic mass is 35.5. The number of halogens is 4.